The van der Waals surface area contributed by atoms with Gasteiger partial charge in [0.15, 0.2) is 0 Å². The Morgan fingerprint density at radius 3 is 2.19 bits per heavy atom. The molecule has 0 bridgehead atoms. The zero-order chi connectivity index (χ0) is 18.6. The van der Waals surface area contributed by atoms with Crippen LogP contribution in [-0.4, -0.2) is 53.4 Å². The summed E-state index contributed by atoms with van der Waals surface area (Å²) in [7, 11) is 0. The van der Waals surface area contributed by atoms with Crippen LogP contribution in [0, 0.1) is 0 Å². The van der Waals surface area contributed by atoms with E-state index in [1.165, 1.54) is 22.6 Å². The van der Waals surface area contributed by atoms with Crippen LogP contribution in [-0.2, 0) is 6.54 Å². The molecule has 1 amide bonds. The summed E-state index contributed by atoms with van der Waals surface area (Å²) in [6.45, 7) is 4.28. The minimum Gasteiger partial charge on any atom is -0.336 e. The molecular formula is C21H23ClN2OS2. The number of carbonyl (C=O) groups excluding carboxylic acids is 1. The molecule has 2 aliphatic rings. The predicted octanol–water partition coefficient (Wildman–Crippen LogP) is 4.78. The van der Waals surface area contributed by atoms with Crippen molar-refractivity contribution in [2.75, 3.05) is 37.7 Å². The van der Waals surface area contributed by atoms with Crippen LogP contribution in [0.15, 0.2) is 48.5 Å². The molecule has 6 heteroatoms. The van der Waals surface area contributed by atoms with E-state index in [1.807, 2.05) is 52.7 Å². The van der Waals surface area contributed by atoms with Crippen molar-refractivity contribution in [3.05, 3.63) is 70.2 Å². The maximum atomic E-state index is 12.8. The normalized spacial score (nSPS) is 18.8. The highest BCUT2D eigenvalue weighted by Gasteiger charge is 2.23. The molecule has 2 aromatic rings. The second-order valence-corrected chi connectivity index (χ2v) is 10.1. The third kappa shape index (κ3) is 4.83. The van der Waals surface area contributed by atoms with Gasteiger partial charge in [-0.05, 0) is 35.4 Å². The molecule has 0 atom stereocenters. The largest absolute Gasteiger partial charge is 0.336 e. The Kier molecular flexibility index (Phi) is 6.33. The van der Waals surface area contributed by atoms with E-state index < -0.39 is 0 Å². The summed E-state index contributed by atoms with van der Waals surface area (Å²) in [4.78, 5) is 17.2. The van der Waals surface area contributed by atoms with Crippen molar-refractivity contribution in [1.29, 1.82) is 0 Å². The number of thioether (sulfide) groups is 2. The molecule has 142 valence electrons. The maximum absolute atomic E-state index is 12.8. The monoisotopic (exact) mass is 418 g/mol. The van der Waals surface area contributed by atoms with Gasteiger partial charge in [0.25, 0.3) is 5.91 Å². The average Bonchev–Trinajstić information content (AvgIpc) is 3.25. The van der Waals surface area contributed by atoms with Crippen LogP contribution in [0.1, 0.15) is 26.1 Å². The molecule has 3 nitrogen and oxygen atoms in total. The molecule has 0 saturated carbocycles. The van der Waals surface area contributed by atoms with E-state index in [9.17, 15) is 4.79 Å². The minimum absolute atomic E-state index is 0.152. The fourth-order valence-corrected chi connectivity index (χ4v) is 6.46. The number of rotatable bonds is 4. The summed E-state index contributed by atoms with van der Waals surface area (Å²) in [6, 6.07) is 16.3. The highest BCUT2D eigenvalue weighted by atomic mass is 35.5. The third-order valence-corrected chi connectivity index (χ3v) is 8.39. The van der Waals surface area contributed by atoms with Gasteiger partial charge in [0.05, 0.1) is 4.58 Å². The molecule has 2 fully saturated rings. The summed E-state index contributed by atoms with van der Waals surface area (Å²) < 4.78 is 0.533. The lowest BCUT2D eigenvalue weighted by Gasteiger charge is -2.34. The van der Waals surface area contributed by atoms with Crippen LogP contribution in [0.4, 0.5) is 0 Å². The van der Waals surface area contributed by atoms with Gasteiger partial charge in [-0.2, -0.15) is 0 Å². The van der Waals surface area contributed by atoms with Crippen LogP contribution >= 0.6 is 35.1 Å². The summed E-state index contributed by atoms with van der Waals surface area (Å²) in [6.07, 6.45) is 0. The molecule has 4 rings (SSSR count). The molecule has 27 heavy (non-hydrogen) atoms. The highest BCUT2D eigenvalue weighted by molar-refractivity contribution is 8.19. The average molecular weight is 419 g/mol. The summed E-state index contributed by atoms with van der Waals surface area (Å²) in [5.74, 6) is 2.59. The summed E-state index contributed by atoms with van der Waals surface area (Å²) in [5.41, 5.74) is 3.39. The Bertz CT molecular complexity index is 768. The highest BCUT2D eigenvalue weighted by Crippen LogP contribution is 2.45. The minimum atomic E-state index is 0.152. The fourth-order valence-electron chi connectivity index (χ4n) is 3.47. The number of benzene rings is 2. The molecule has 0 unspecified atom stereocenters. The Morgan fingerprint density at radius 2 is 1.56 bits per heavy atom. The van der Waals surface area contributed by atoms with Crippen LogP contribution in [0.3, 0.4) is 0 Å². The molecule has 0 aromatic heterocycles. The quantitative estimate of drug-likeness (QED) is 0.713. The lowest BCUT2D eigenvalue weighted by atomic mass is 10.1. The standard InChI is InChI=1S/C21H23ClN2OS2/c22-19-7-1-16(2-8-19)15-23-9-11-24(12-10-23)20(25)17-3-5-18(6-4-17)21-26-13-14-27-21/h1-8,21H,9-15H2. The molecule has 2 heterocycles. The molecule has 0 aliphatic carbocycles. The van der Waals surface area contributed by atoms with Crippen molar-refractivity contribution < 1.29 is 4.79 Å². The van der Waals surface area contributed by atoms with Crippen LogP contribution in [0.25, 0.3) is 0 Å². The van der Waals surface area contributed by atoms with Crippen molar-refractivity contribution in [2.45, 2.75) is 11.1 Å². The number of amides is 1. The molecule has 0 radical (unpaired) electrons. The Morgan fingerprint density at radius 1 is 0.926 bits per heavy atom. The predicted molar refractivity (Wildman–Crippen MR) is 117 cm³/mol. The smallest absolute Gasteiger partial charge is 0.253 e. The summed E-state index contributed by atoms with van der Waals surface area (Å²) in [5, 5.41) is 0.769. The Hall–Kier alpha value is -1.14. The van der Waals surface area contributed by atoms with E-state index in [4.69, 9.17) is 11.6 Å². The first-order valence-electron chi connectivity index (χ1n) is 9.28. The van der Waals surface area contributed by atoms with Gasteiger partial charge in [0, 0.05) is 54.8 Å². The van der Waals surface area contributed by atoms with Crippen LogP contribution in [0.2, 0.25) is 5.02 Å². The molecule has 2 saturated heterocycles. The SMILES string of the molecule is O=C(c1ccc(C2SCCS2)cc1)N1CCN(Cc2ccc(Cl)cc2)CC1. The van der Waals surface area contributed by atoms with Crippen LogP contribution in [0.5, 0.6) is 0 Å². The van der Waals surface area contributed by atoms with E-state index in [2.05, 4.69) is 29.2 Å². The topological polar surface area (TPSA) is 23.6 Å². The Balaban J connectivity index is 1.31. The molecule has 2 aliphatic heterocycles. The van der Waals surface area contributed by atoms with Gasteiger partial charge in [-0.1, -0.05) is 35.9 Å². The zero-order valence-corrected chi connectivity index (χ0v) is 17.5. The van der Waals surface area contributed by atoms with E-state index in [0.29, 0.717) is 4.58 Å². The van der Waals surface area contributed by atoms with Crippen molar-refractivity contribution in [3.63, 3.8) is 0 Å². The fraction of sp³-hybridized carbons (Fsp3) is 0.381. The number of carbonyl (C=O) groups is 1. The van der Waals surface area contributed by atoms with Gasteiger partial charge < -0.3 is 4.90 Å². The number of hydrogen-bond acceptors (Lipinski definition) is 4. The zero-order valence-electron chi connectivity index (χ0n) is 15.1. The Labute approximate surface area is 174 Å². The van der Waals surface area contributed by atoms with Gasteiger partial charge in [0.2, 0.25) is 0 Å². The van der Waals surface area contributed by atoms with E-state index in [0.717, 1.165) is 43.3 Å². The third-order valence-electron chi connectivity index (χ3n) is 5.03. The van der Waals surface area contributed by atoms with Gasteiger partial charge >= 0.3 is 0 Å². The number of hydrogen-bond donors (Lipinski definition) is 0. The van der Waals surface area contributed by atoms with E-state index in [-0.39, 0.29) is 5.91 Å². The van der Waals surface area contributed by atoms with E-state index in [1.54, 1.807) is 0 Å². The first kappa shape index (κ1) is 19.2. The van der Waals surface area contributed by atoms with Crippen molar-refractivity contribution in [2.24, 2.45) is 0 Å². The van der Waals surface area contributed by atoms with E-state index >= 15 is 0 Å². The maximum Gasteiger partial charge on any atom is 0.253 e. The number of piperazine rings is 1. The lowest BCUT2D eigenvalue weighted by Crippen LogP contribution is -2.48. The number of halogens is 1. The van der Waals surface area contributed by atoms with Crippen LogP contribution < -0.4 is 0 Å². The second-order valence-electron chi connectivity index (χ2n) is 6.89. The first-order valence-corrected chi connectivity index (χ1v) is 11.8. The molecule has 0 spiro atoms. The van der Waals surface area contributed by atoms with Gasteiger partial charge in [0.1, 0.15) is 0 Å². The lowest BCUT2D eigenvalue weighted by molar-refractivity contribution is 0.0628. The van der Waals surface area contributed by atoms with Crippen molar-refractivity contribution in [1.82, 2.24) is 9.80 Å². The van der Waals surface area contributed by atoms with Gasteiger partial charge in [-0.15, -0.1) is 23.5 Å². The summed E-state index contributed by atoms with van der Waals surface area (Å²) >= 11 is 9.94. The second kappa shape index (κ2) is 8.91. The molecule has 0 N–H and O–H groups in total. The van der Waals surface area contributed by atoms with Crippen molar-refractivity contribution >= 4 is 41.0 Å². The molecule has 2 aromatic carbocycles. The van der Waals surface area contributed by atoms with Gasteiger partial charge in [-0.25, -0.2) is 0 Å². The van der Waals surface area contributed by atoms with Crippen molar-refractivity contribution in [3.8, 4) is 0 Å². The number of nitrogens with zero attached hydrogens (tertiary/aromatic N) is 2. The molecular weight excluding hydrogens is 396 g/mol. The first-order chi connectivity index (χ1) is 13.2. The van der Waals surface area contributed by atoms with Gasteiger partial charge in [-0.3, -0.25) is 9.69 Å².